The highest BCUT2D eigenvalue weighted by Crippen LogP contribution is 2.29. The van der Waals surface area contributed by atoms with E-state index in [-0.39, 0.29) is 17.6 Å². The Morgan fingerprint density at radius 3 is 2.58 bits per heavy atom. The van der Waals surface area contributed by atoms with Gasteiger partial charge >= 0.3 is 0 Å². The Kier molecular flexibility index (Phi) is 6.36. The van der Waals surface area contributed by atoms with Crippen molar-refractivity contribution in [3.8, 4) is 11.8 Å². The molecule has 0 aromatic heterocycles. The Morgan fingerprint density at radius 2 is 1.88 bits per heavy atom. The molecule has 1 aliphatic rings. The lowest BCUT2D eigenvalue weighted by Crippen LogP contribution is -2.39. The molecule has 0 bridgehead atoms. The van der Waals surface area contributed by atoms with Gasteiger partial charge < -0.3 is 15.0 Å². The number of halogens is 1. The molecule has 166 valence electrons. The second kappa shape index (κ2) is 9.53. The van der Waals surface area contributed by atoms with Crippen LogP contribution in [0.5, 0.6) is 5.75 Å². The summed E-state index contributed by atoms with van der Waals surface area (Å²) in [6.45, 7) is 2.50. The van der Waals surface area contributed by atoms with Gasteiger partial charge in [-0.1, -0.05) is 12.1 Å². The Labute approximate surface area is 191 Å². The fourth-order valence-electron chi connectivity index (χ4n) is 3.68. The topological polar surface area (TPSA) is 82.4 Å². The van der Waals surface area contributed by atoms with Gasteiger partial charge in [0.1, 0.15) is 11.6 Å². The molecule has 0 saturated carbocycles. The molecule has 0 fully saturated rings. The van der Waals surface area contributed by atoms with Crippen LogP contribution in [0.1, 0.15) is 34.0 Å². The summed E-state index contributed by atoms with van der Waals surface area (Å²) >= 11 is 0. The third kappa shape index (κ3) is 5.18. The summed E-state index contributed by atoms with van der Waals surface area (Å²) in [7, 11) is 0. The van der Waals surface area contributed by atoms with Gasteiger partial charge in [-0.3, -0.25) is 9.59 Å². The van der Waals surface area contributed by atoms with Gasteiger partial charge in [0, 0.05) is 29.9 Å². The summed E-state index contributed by atoms with van der Waals surface area (Å²) in [5.41, 5.74) is 3.21. The highest BCUT2D eigenvalue weighted by Gasteiger charge is 2.28. The van der Waals surface area contributed by atoms with Crippen LogP contribution in [0.15, 0.2) is 66.7 Å². The molecule has 6 nitrogen and oxygen atoms in total. The van der Waals surface area contributed by atoms with Crippen LogP contribution < -0.4 is 10.1 Å². The third-order valence-corrected chi connectivity index (χ3v) is 5.50. The van der Waals surface area contributed by atoms with Crippen molar-refractivity contribution in [2.24, 2.45) is 0 Å². The molecule has 0 saturated heterocycles. The number of fused-ring (bicyclic) bond motifs is 1. The summed E-state index contributed by atoms with van der Waals surface area (Å²) in [4.78, 5) is 27.1. The zero-order valence-corrected chi connectivity index (χ0v) is 18.0. The van der Waals surface area contributed by atoms with Gasteiger partial charge in [-0.25, -0.2) is 4.39 Å². The highest BCUT2D eigenvalue weighted by molar-refractivity contribution is 6.04. The number of carbonyl (C=O) groups is 2. The number of nitrogens with one attached hydrogen (secondary N) is 1. The van der Waals surface area contributed by atoms with Gasteiger partial charge in [0.15, 0.2) is 6.10 Å². The fraction of sp³-hybridized carbons (Fsp3) is 0.192. The molecule has 3 aromatic rings. The van der Waals surface area contributed by atoms with Crippen LogP contribution in [0.3, 0.4) is 0 Å². The van der Waals surface area contributed by atoms with E-state index in [1.54, 1.807) is 66.4 Å². The van der Waals surface area contributed by atoms with E-state index in [4.69, 9.17) is 10.00 Å². The summed E-state index contributed by atoms with van der Waals surface area (Å²) < 4.78 is 19.0. The second-order valence-corrected chi connectivity index (χ2v) is 7.86. The van der Waals surface area contributed by atoms with Crippen molar-refractivity contribution in [1.82, 2.24) is 4.90 Å². The molecule has 0 spiro atoms. The molecule has 1 N–H and O–H groups in total. The molecular weight excluding hydrogens is 421 g/mol. The van der Waals surface area contributed by atoms with Crippen molar-refractivity contribution in [3.63, 3.8) is 0 Å². The van der Waals surface area contributed by atoms with Crippen molar-refractivity contribution >= 4 is 17.5 Å². The van der Waals surface area contributed by atoms with E-state index in [0.29, 0.717) is 42.1 Å². The van der Waals surface area contributed by atoms with E-state index in [9.17, 15) is 14.0 Å². The van der Waals surface area contributed by atoms with Gasteiger partial charge in [-0.05, 0) is 73.5 Å². The predicted molar refractivity (Wildman–Crippen MR) is 121 cm³/mol. The lowest BCUT2D eigenvalue weighted by atomic mass is 10.1. The molecule has 0 unspecified atom stereocenters. The van der Waals surface area contributed by atoms with Gasteiger partial charge in [0.05, 0.1) is 11.6 Å². The molecule has 1 heterocycles. The standard InChI is InChI=1S/C26H22FN3O3/c1-17-26(32)30(13-12-18-4-8-22(27)9-5-18)16-21-14-23(10-11-24(21)33-17)29-25(31)20-6-2-19(15-28)3-7-20/h2-11,14,17H,12-13,16H2,1H3,(H,29,31)/t17-/m1/s1. The van der Waals surface area contributed by atoms with E-state index >= 15 is 0 Å². The molecule has 3 aromatic carbocycles. The average Bonchev–Trinajstić information content (AvgIpc) is 2.94. The fourth-order valence-corrected chi connectivity index (χ4v) is 3.68. The maximum absolute atomic E-state index is 13.2. The first-order valence-electron chi connectivity index (χ1n) is 10.6. The zero-order chi connectivity index (χ0) is 23.4. The third-order valence-electron chi connectivity index (χ3n) is 5.50. The molecule has 2 amide bonds. The van der Waals surface area contributed by atoms with E-state index < -0.39 is 6.10 Å². The van der Waals surface area contributed by atoms with E-state index in [2.05, 4.69) is 5.32 Å². The number of carbonyl (C=O) groups excluding carboxylic acids is 2. The minimum absolute atomic E-state index is 0.128. The smallest absolute Gasteiger partial charge is 0.263 e. The monoisotopic (exact) mass is 443 g/mol. The number of rotatable bonds is 5. The van der Waals surface area contributed by atoms with Crippen molar-refractivity contribution in [1.29, 1.82) is 5.26 Å². The lowest BCUT2D eigenvalue weighted by molar-refractivity contribution is -0.137. The Bertz CT molecular complexity index is 1220. The summed E-state index contributed by atoms with van der Waals surface area (Å²) in [6.07, 6.45) is -0.0537. The molecular formula is C26H22FN3O3. The first-order valence-corrected chi connectivity index (χ1v) is 10.6. The molecule has 0 aliphatic carbocycles. The van der Waals surface area contributed by atoms with Crippen molar-refractivity contribution in [2.45, 2.75) is 26.0 Å². The summed E-state index contributed by atoms with van der Waals surface area (Å²) in [6, 6.07) is 19.9. The van der Waals surface area contributed by atoms with E-state index in [0.717, 1.165) is 11.1 Å². The molecule has 1 aliphatic heterocycles. The van der Waals surface area contributed by atoms with Gasteiger partial charge in [-0.2, -0.15) is 5.26 Å². The SMILES string of the molecule is C[C@H]1Oc2ccc(NC(=O)c3ccc(C#N)cc3)cc2CN(CCc2ccc(F)cc2)C1=O. The van der Waals surface area contributed by atoms with Crippen LogP contribution in [0, 0.1) is 17.1 Å². The van der Waals surface area contributed by atoms with E-state index in [1.165, 1.54) is 12.1 Å². The zero-order valence-electron chi connectivity index (χ0n) is 18.0. The molecule has 4 rings (SSSR count). The number of anilines is 1. The van der Waals surface area contributed by atoms with Crippen LogP contribution in [0.25, 0.3) is 0 Å². The quantitative estimate of drug-likeness (QED) is 0.637. The molecule has 7 heteroatoms. The van der Waals surface area contributed by atoms with Gasteiger partial charge in [0.25, 0.3) is 11.8 Å². The summed E-state index contributed by atoms with van der Waals surface area (Å²) in [5, 5.41) is 11.8. The summed E-state index contributed by atoms with van der Waals surface area (Å²) in [5.74, 6) is -0.129. The minimum atomic E-state index is -0.640. The van der Waals surface area contributed by atoms with Crippen LogP contribution in [-0.4, -0.2) is 29.4 Å². The van der Waals surface area contributed by atoms with Crippen LogP contribution in [0.4, 0.5) is 10.1 Å². The number of nitrogens with zero attached hydrogens (tertiary/aromatic N) is 2. The number of hydrogen-bond donors (Lipinski definition) is 1. The van der Waals surface area contributed by atoms with Gasteiger partial charge in [-0.15, -0.1) is 0 Å². The predicted octanol–water partition coefficient (Wildman–Crippen LogP) is 4.30. The van der Waals surface area contributed by atoms with Crippen molar-refractivity contribution < 1.29 is 18.7 Å². The lowest BCUT2D eigenvalue weighted by Gasteiger charge is -2.22. The Balaban J connectivity index is 1.49. The van der Waals surface area contributed by atoms with Crippen LogP contribution in [-0.2, 0) is 17.8 Å². The maximum Gasteiger partial charge on any atom is 0.263 e. The molecule has 33 heavy (non-hydrogen) atoms. The molecule has 1 atom stereocenters. The number of benzene rings is 3. The minimum Gasteiger partial charge on any atom is -0.481 e. The molecule has 0 radical (unpaired) electrons. The van der Waals surface area contributed by atoms with Crippen LogP contribution in [0.2, 0.25) is 0 Å². The van der Waals surface area contributed by atoms with Crippen LogP contribution >= 0.6 is 0 Å². The van der Waals surface area contributed by atoms with E-state index in [1.807, 2.05) is 6.07 Å². The maximum atomic E-state index is 13.2. The second-order valence-electron chi connectivity index (χ2n) is 7.86. The number of ether oxygens (including phenoxy) is 1. The average molecular weight is 443 g/mol. The number of amides is 2. The number of nitriles is 1. The number of hydrogen-bond acceptors (Lipinski definition) is 4. The largest absolute Gasteiger partial charge is 0.481 e. The Hall–Kier alpha value is -4.18. The highest BCUT2D eigenvalue weighted by atomic mass is 19.1. The first-order chi connectivity index (χ1) is 15.9. The first kappa shape index (κ1) is 22.0. The van der Waals surface area contributed by atoms with Crippen molar-refractivity contribution in [3.05, 3.63) is 94.8 Å². The Morgan fingerprint density at radius 1 is 1.15 bits per heavy atom. The normalized spacial score (nSPS) is 15.1. The van der Waals surface area contributed by atoms with Gasteiger partial charge in [0.2, 0.25) is 0 Å². The van der Waals surface area contributed by atoms with Crippen molar-refractivity contribution in [2.75, 3.05) is 11.9 Å².